The second-order valence-corrected chi connectivity index (χ2v) is 4.65. The lowest BCUT2D eigenvalue weighted by Crippen LogP contribution is -2.02. The Morgan fingerprint density at radius 1 is 1.10 bits per heavy atom. The smallest absolute Gasteiger partial charge is 0.305 e. The first-order valence-corrected chi connectivity index (χ1v) is 6.72. The molecule has 110 valence electrons. The van der Waals surface area contributed by atoms with Gasteiger partial charge in [-0.05, 0) is 18.4 Å². The average molecular weight is 289 g/mol. The second-order valence-electron chi connectivity index (χ2n) is 4.65. The van der Waals surface area contributed by atoms with Crippen molar-refractivity contribution in [1.29, 1.82) is 0 Å². The van der Waals surface area contributed by atoms with Crippen molar-refractivity contribution >= 4 is 5.69 Å². The third kappa shape index (κ3) is 4.36. The molecule has 0 aliphatic heterocycles. The third-order valence-electron chi connectivity index (χ3n) is 3.11. The number of aryl methyl sites for hydroxylation is 1. The van der Waals surface area contributed by atoms with E-state index in [2.05, 4.69) is 0 Å². The molecule has 0 bridgehead atoms. The lowest BCUT2D eigenvalue weighted by atomic mass is 10.1. The maximum absolute atomic E-state index is 13.8. The molecule has 0 heterocycles. The molecule has 21 heavy (non-hydrogen) atoms. The number of hydrogen-bond donors (Lipinski definition) is 0. The van der Waals surface area contributed by atoms with Crippen molar-refractivity contribution in [2.45, 2.75) is 19.4 Å². The van der Waals surface area contributed by atoms with Crippen LogP contribution in [0, 0.1) is 15.9 Å². The predicted molar refractivity (Wildman–Crippen MR) is 77.5 cm³/mol. The molecule has 2 rings (SSSR count). The molecule has 0 spiro atoms. The van der Waals surface area contributed by atoms with Crippen molar-refractivity contribution < 1.29 is 14.1 Å². The fourth-order valence-corrected chi connectivity index (χ4v) is 2.02. The maximum atomic E-state index is 13.8. The van der Waals surface area contributed by atoms with Crippen LogP contribution in [0.5, 0.6) is 0 Å². The highest BCUT2D eigenvalue weighted by molar-refractivity contribution is 5.36. The molecule has 4 nitrogen and oxygen atoms in total. The Morgan fingerprint density at radius 3 is 2.57 bits per heavy atom. The van der Waals surface area contributed by atoms with E-state index in [4.69, 9.17) is 4.74 Å². The van der Waals surface area contributed by atoms with Crippen molar-refractivity contribution in [3.8, 4) is 0 Å². The van der Waals surface area contributed by atoms with E-state index >= 15 is 0 Å². The largest absolute Gasteiger partial charge is 0.377 e. The zero-order valence-electron chi connectivity index (χ0n) is 11.5. The molecule has 0 radical (unpaired) electrons. The number of rotatable bonds is 7. The maximum Gasteiger partial charge on any atom is 0.305 e. The number of benzene rings is 2. The van der Waals surface area contributed by atoms with E-state index in [-0.39, 0.29) is 12.2 Å². The zero-order valence-corrected chi connectivity index (χ0v) is 11.5. The second kappa shape index (κ2) is 7.50. The molecule has 0 atom stereocenters. The van der Waals surface area contributed by atoms with Gasteiger partial charge in [0.05, 0.1) is 11.5 Å². The summed E-state index contributed by atoms with van der Waals surface area (Å²) in [5.74, 6) is -0.814. The van der Waals surface area contributed by atoms with E-state index in [9.17, 15) is 14.5 Å². The zero-order chi connectivity index (χ0) is 15.1. The number of nitrogens with zero attached hydrogens (tertiary/aromatic N) is 1. The van der Waals surface area contributed by atoms with Crippen LogP contribution in [0.4, 0.5) is 10.1 Å². The van der Waals surface area contributed by atoms with Crippen LogP contribution < -0.4 is 0 Å². The Kier molecular flexibility index (Phi) is 5.40. The van der Waals surface area contributed by atoms with Crippen LogP contribution in [-0.4, -0.2) is 11.5 Å². The van der Waals surface area contributed by atoms with Crippen LogP contribution in [0.25, 0.3) is 0 Å². The fourth-order valence-electron chi connectivity index (χ4n) is 2.02. The Bertz CT molecular complexity index is 602. The van der Waals surface area contributed by atoms with Crippen LogP contribution in [0.2, 0.25) is 0 Å². The minimum Gasteiger partial charge on any atom is -0.377 e. The van der Waals surface area contributed by atoms with Crippen molar-refractivity contribution in [2.24, 2.45) is 0 Å². The molecule has 0 unspecified atom stereocenters. The SMILES string of the molecule is O=[N+]([O-])c1cccc(COCCCc2ccccc2)c1F. The van der Waals surface area contributed by atoms with Gasteiger partial charge in [-0.1, -0.05) is 42.5 Å². The first kappa shape index (κ1) is 15.1. The summed E-state index contributed by atoms with van der Waals surface area (Å²) in [6.07, 6.45) is 1.71. The number of halogens is 1. The molecule has 0 amide bonds. The first-order chi connectivity index (χ1) is 10.2. The summed E-state index contributed by atoms with van der Waals surface area (Å²) < 4.78 is 19.2. The fraction of sp³-hybridized carbons (Fsp3) is 0.250. The Balaban J connectivity index is 1.79. The van der Waals surface area contributed by atoms with E-state index in [1.807, 2.05) is 30.3 Å². The van der Waals surface area contributed by atoms with Crippen LogP contribution in [0.3, 0.4) is 0 Å². The monoisotopic (exact) mass is 289 g/mol. The van der Waals surface area contributed by atoms with Gasteiger partial charge in [0, 0.05) is 18.2 Å². The summed E-state index contributed by atoms with van der Waals surface area (Å²) >= 11 is 0. The molecule has 0 aliphatic carbocycles. The first-order valence-electron chi connectivity index (χ1n) is 6.72. The molecule has 5 heteroatoms. The van der Waals surface area contributed by atoms with Crippen molar-refractivity contribution in [1.82, 2.24) is 0 Å². The van der Waals surface area contributed by atoms with Crippen LogP contribution in [0.1, 0.15) is 17.5 Å². The van der Waals surface area contributed by atoms with Gasteiger partial charge in [-0.15, -0.1) is 0 Å². The van der Waals surface area contributed by atoms with Crippen molar-refractivity contribution in [3.63, 3.8) is 0 Å². The highest BCUT2D eigenvalue weighted by Crippen LogP contribution is 2.20. The molecule has 0 aromatic heterocycles. The molecule has 0 saturated carbocycles. The average Bonchev–Trinajstić information content (AvgIpc) is 2.49. The van der Waals surface area contributed by atoms with Gasteiger partial charge in [0.2, 0.25) is 5.82 Å². The molecular weight excluding hydrogens is 273 g/mol. The van der Waals surface area contributed by atoms with Gasteiger partial charge in [-0.2, -0.15) is 4.39 Å². The normalized spacial score (nSPS) is 10.5. The quantitative estimate of drug-likeness (QED) is 0.441. The Morgan fingerprint density at radius 2 is 1.86 bits per heavy atom. The molecule has 2 aromatic rings. The topological polar surface area (TPSA) is 52.4 Å². The van der Waals surface area contributed by atoms with Crippen molar-refractivity contribution in [3.05, 3.63) is 75.6 Å². The summed E-state index contributed by atoms with van der Waals surface area (Å²) in [6, 6.07) is 14.1. The lowest BCUT2D eigenvalue weighted by Gasteiger charge is -2.06. The lowest BCUT2D eigenvalue weighted by molar-refractivity contribution is -0.387. The van der Waals surface area contributed by atoms with Gasteiger partial charge < -0.3 is 4.74 Å². The van der Waals surface area contributed by atoms with E-state index in [0.29, 0.717) is 6.61 Å². The predicted octanol–water partition coefficient (Wildman–Crippen LogP) is 3.88. The molecule has 0 saturated heterocycles. The van der Waals surface area contributed by atoms with Crippen LogP contribution in [-0.2, 0) is 17.8 Å². The van der Waals surface area contributed by atoms with E-state index in [1.165, 1.54) is 17.7 Å². The number of hydrogen-bond acceptors (Lipinski definition) is 3. The summed E-state index contributed by atoms with van der Waals surface area (Å²) in [6.45, 7) is 0.527. The van der Waals surface area contributed by atoms with Gasteiger partial charge >= 0.3 is 5.69 Å². The summed E-state index contributed by atoms with van der Waals surface area (Å²) in [5, 5.41) is 10.6. The number of ether oxygens (including phenoxy) is 1. The molecule has 2 aromatic carbocycles. The Hall–Kier alpha value is -2.27. The standard InChI is InChI=1S/C16H16FNO3/c17-16-14(9-4-10-15(16)18(19)20)12-21-11-5-8-13-6-2-1-3-7-13/h1-4,6-7,9-10H,5,8,11-12H2. The van der Waals surface area contributed by atoms with Gasteiger partial charge in [0.1, 0.15) is 0 Å². The van der Waals surface area contributed by atoms with Crippen LogP contribution in [0.15, 0.2) is 48.5 Å². The van der Waals surface area contributed by atoms with Crippen molar-refractivity contribution in [2.75, 3.05) is 6.61 Å². The Labute approximate surface area is 122 Å². The summed E-state index contributed by atoms with van der Waals surface area (Å²) in [7, 11) is 0. The molecular formula is C16H16FNO3. The minimum absolute atomic E-state index is 0.0440. The van der Waals surface area contributed by atoms with Gasteiger partial charge in [0.15, 0.2) is 0 Å². The number of nitro benzene ring substituents is 1. The van der Waals surface area contributed by atoms with Gasteiger partial charge in [-0.3, -0.25) is 10.1 Å². The minimum atomic E-state index is -0.814. The van der Waals surface area contributed by atoms with Gasteiger partial charge in [-0.25, -0.2) is 0 Å². The molecule has 0 N–H and O–H groups in total. The number of nitro groups is 1. The van der Waals surface area contributed by atoms with Gasteiger partial charge in [0.25, 0.3) is 0 Å². The molecule has 0 fully saturated rings. The molecule has 0 aliphatic rings. The van der Waals surface area contributed by atoms with E-state index < -0.39 is 16.4 Å². The van der Waals surface area contributed by atoms with Crippen LogP contribution >= 0.6 is 0 Å². The highest BCUT2D eigenvalue weighted by atomic mass is 19.1. The van der Waals surface area contributed by atoms with E-state index in [1.54, 1.807) is 0 Å². The summed E-state index contributed by atoms with van der Waals surface area (Å²) in [4.78, 5) is 9.90. The third-order valence-corrected chi connectivity index (χ3v) is 3.11. The van der Waals surface area contributed by atoms with E-state index in [0.717, 1.165) is 18.9 Å². The summed E-state index contributed by atoms with van der Waals surface area (Å²) in [5.41, 5.74) is 0.923. The highest BCUT2D eigenvalue weighted by Gasteiger charge is 2.16.